The molecule has 4 aromatic rings. The van der Waals surface area contributed by atoms with Crippen LogP contribution in [0.15, 0.2) is 89.9 Å². The van der Waals surface area contributed by atoms with Crippen molar-refractivity contribution in [1.29, 1.82) is 0 Å². The van der Waals surface area contributed by atoms with Gasteiger partial charge in [0.15, 0.2) is 5.17 Å². The van der Waals surface area contributed by atoms with Gasteiger partial charge in [0.25, 0.3) is 0 Å². The lowest BCUT2D eigenvalue weighted by Crippen LogP contribution is -2.21. The Bertz CT molecular complexity index is 1050. The smallest absolute Gasteiger partial charge is 0.157 e. The molecule has 3 heteroatoms. The Labute approximate surface area is 177 Å². The molecule has 0 heterocycles. The Kier molecular flexibility index (Phi) is 6.16. The van der Waals surface area contributed by atoms with Crippen molar-refractivity contribution in [2.45, 2.75) is 32.2 Å². The molecule has 0 amide bonds. The van der Waals surface area contributed by atoms with Crippen LogP contribution in [0.5, 0.6) is 0 Å². The number of aliphatic imine (C=N–C) groups is 1. The van der Waals surface area contributed by atoms with E-state index >= 15 is 0 Å². The lowest BCUT2D eigenvalue weighted by atomic mass is 10.0. The number of thioether (sulfide) groups is 1. The average Bonchev–Trinajstić information content (AvgIpc) is 2.75. The maximum absolute atomic E-state index is 4.84. The molecule has 0 aromatic heterocycles. The van der Waals surface area contributed by atoms with E-state index < -0.39 is 0 Å². The van der Waals surface area contributed by atoms with Crippen LogP contribution in [-0.4, -0.2) is 11.2 Å². The van der Waals surface area contributed by atoms with Crippen molar-refractivity contribution < 1.29 is 0 Å². The standard InChI is InChI=1S/C26H26N2S/c1-19(2)28-26(27-17-22-13-7-11-20-9-3-5-15-24(20)22)29-18-23-14-8-12-21-10-4-6-16-25(21)23/h3-16,19H,17-18H2,1-2H3,(H,27,28). The number of nitrogens with one attached hydrogen (secondary N) is 1. The molecular weight excluding hydrogens is 372 g/mol. The molecule has 0 unspecified atom stereocenters. The Morgan fingerprint density at radius 1 is 0.759 bits per heavy atom. The molecule has 0 bridgehead atoms. The van der Waals surface area contributed by atoms with Gasteiger partial charge in [-0.2, -0.15) is 0 Å². The summed E-state index contributed by atoms with van der Waals surface area (Å²) in [6, 6.07) is 30.4. The summed E-state index contributed by atoms with van der Waals surface area (Å²) in [6.45, 7) is 5.02. The van der Waals surface area contributed by atoms with Crippen molar-refractivity contribution in [3.8, 4) is 0 Å². The van der Waals surface area contributed by atoms with Gasteiger partial charge in [0.05, 0.1) is 0 Å². The minimum absolute atomic E-state index is 0.255. The van der Waals surface area contributed by atoms with Crippen LogP contribution in [0.1, 0.15) is 25.0 Å². The van der Waals surface area contributed by atoms with E-state index in [2.05, 4.69) is 104 Å². The quantitative estimate of drug-likeness (QED) is 0.296. The van der Waals surface area contributed by atoms with E-state index in [1.807, 2.05) is 0 Å². The Morgan fingerprint density at radius 3 is 1.97 bits per heavy atom. The molecule has 0 saturated heterocycles. The summed E-state index contributed by atoms with van der Waals surface area (Å²) >= 11 is 1.78. The molecule has 0 saturated carbocycles. The Hall–Kier alpha value is -2.78. The minimum atomic E-state index is 0.255. The summed E-state index contributed by atoms with van der Waals surface area (Å²) in [5, 5.41) is 9.77. The first-order valence-corrected chi connectivity index (χ1v) is 11.1. The van der Waals surface area contributed by atoms with Gasteiger partial charge in [0.1, 0.15) is 0 Å². The molecule has 0 aliphatic rings. The minimum Gasteiger partial charge on any atom is -0.361 e. The van der Waals surface area contributed by atoms with Crippen LogP contribution in [0.2, 0.25) is 0 Å². The summed E-state index contributed by atoms with van der Waals surface area (Å²) in [5.74, 6) is 0.898. The normalized spacial score (nSPS) is 12.0. The lowest BCUT2D eigenvalue weighted by Gasteiger charge is -2.13. The SMILES string of the molecule is CC(C)/N=C(\NCc1cccc2ccccc12)SCc1cccc2ccccc12. The number of rotatable bonds is 5. The van der Waals surface area contributed by atoms with Crippen LogP contribution in [0, 0.1) is 0 Å². The van der Waals surface area contributed by atoms with Gasteiger partial charge in [0, 0.05) is 18.3 Å². The van der Waals surface area contributed by atoms with Gasteiger partial charge in [-0.05, 0) is 46.5 Å². The lowest BCUT2D eigenvalue weighted by molar-refractivity contribution is 0.819. The molecule has 4 rings (SSSR count). The molecule has 4 aromatic carbocycles. The zero-order valence-corrected chi connectivity index (χ0v) is 17.7. The molecule has 1 N–H and O–H groups in total. The van der Waals surface area contributed by atoms with Crippen LogP contribution in [-0.2, 0) is 12.3 Å². The van der Waals surface area contributed by atoms with E-state index in [-0.39, 0.29) is 6.04 Å². The van der Waals surface area contributed by atoms with Gasteiger partial charge in [-0.25, -0.2) is 0 Å². The monoisotopic (exact) mass is 398 g/mol. The molecule has 0 aliphatic carbocycles. The van der Waals surface area contributed by atoms with Gasteiger partial charge in [-0.15, -0.1) is 0 Å². The van der Waals surface area contributed by atoms with E-state index in [9.17, 15) is 0 Å². The predicted octanol–water partition coefficient (Wildman–Crippen LogP) is 6.78. The molecule has 0 fully saturated rings. The third kappa shape index (κ3) is 4.80. The number of fused-ring (bicyclic) bond motifs is 2. The highest BCUT2D eigenvalue weighted by Crippen LogP contribution is 2.24. The molecule has 0 aliphatic heterocycles. The highest BCUT2D eigenvalue weighted by molar-refractivity contribution is 8.13. The summed E-state index contributed by atoms with van der Waals surface area (Å²) in [4.78, 5) is 4.84. The van der Waals surface area contributed by atoms with Crippen molar-refractivity contribution in [2.75, 3.05) is 0 Å². The number of hydrogen-bond acceptors (Lipinski definition) is 2. The fraction of sp³-hybridized carbons (Fsp3) is 0.192. The number of nitrogens with zero attached hydrogens (tertiary/aromatic N) is 1. The van der Waals surface area contributed by atoms with E-state index in [4.69, 9.17) is 4.99 Å². The summed E-state index contributed by atoms with van der Waals surface area (Å²) < 4.78 is 0. The second-order valence-electron chi connectivity index (χ2n) is 7.45. The fourth-order valence-corrected chi connectivity index (χ4v) is 4.55. The fourth-order valence-electron chi connectivity index (χ4n) is 3.55. The largest absolute Gasteiger partial charge is 0.361 e. The zero-order valence-electron chi connectivity index (χ0n) is 16.9. The second-order valence-corrected chi connectivity index (χ2v) is 8.41. The maximum atomic E-state index is 4.84. The third-order valence-corrected chi connectivity index (χ3v) is 5.91. The molecule has 146 valence electrons. The average molecular weight is 399 g/mol. The van der Waals surface area contributed by atoms with Crippen molar-refractivity contribution in [3.63, 3.8) is 0 Å². The first-order chi connectivity index (χ1) is 14.2. The molecule has 0 spiro atoms. The first kappa shape index (κ1) is 19.5. The number of benzene rings is 4. The second kappa shape index (κ2) is 9.15. The summed E-state index contributed by atoms with van der Waals surface area (Å²) in [7, 11) is 0. The van der Waals surface area contributed by atoms with E-state index in [0.29, 0.717) is 0 Å². The van der Waals surface area contributed by atoms with Crippen LogP contribution in [0.4, 0.5) is 0 Å². The van der Waals surface area contributed by atoms with Gasteiger partial charge >= 0.3 is 0 Å². The Morgan fingerprint density at radius 2 is 1.31 bits per heavy atom. The predicted molar refractivity (Wildman–Crippen MR) is 129 cm³/mol. The van der Waals surface area contributed by atoms with Gasteiger partial charge in [0.2, 0.25) is 0 Å². The van der Waals surface area contributed by atoms with Crippen molar-refractivity contribution in [1.82, 2.24) is 5.32 Å². The van der Waals surface area contributed by atoms with Gasteiger partial charge < -0.3 is 5.32 Å². The maximum Gasteiger partial charge on any atom is 0.157 e. The van der Waals surface area contributed by atoms with Crippen molar-refractivity contribution in [2.24, 2.45) is 4.99 Å². The highest BCUT2D eigenvalue weighted by Gasteiger charge is 2.07. The highest BCUT2D eigenvalue weighted by atomic mass is 32.2. The molecule has 0 radical (unpaired) electrons. The van der Waals surface area contributed by atoms with Gasteiger partial charge in [-0.1, -0.05) is 96.7 Å². The van der Waals surface area contributed by atoms with Crippen molar-refractivity contribution >= 4 is 38.5 Å². The molecule has 2 nitrogen and oxygen atoms in total. The van der Waals surface area contributed by atoms with E-state index in [1.165, 1.54) is 32.7 Å². The first-order valence-electron chi connectivity index (χ1n) is 10.1. The number of hydrogen-bond donors (Lipinski definition) is 1. The van der Waals surface area contributed by atoms with Crippen molar-refractivity contribution in [3.05, 3.63) is 96.1 Å². The van der Waals surface area contributed by atoms with Gasteiger partial charge in [-0.3, -0.25) is 4.99 Å². The third-order valence-electron chi connectivity index (χ3n) is 4.93. The summed E-state index contributed by atoms with van der Waals surface area (Å²) in [6.07, 6.45) is 0. The number of amidine groups is 1. The van der Waals surface area contributed by atoms with Crippen LogP contribution >= 0.6 is 11.8 Å². The zero-order chi connectivity index (χ0) is 20.1. The topological polar surface area (TPSA) is 24.4 Å². The van der Waals surface area contributed by atoms with E-state index in [0.717, 1.165) is 17.5 Å². The van der Waals surface area contributed by atoms with E-state index in [1.54, 1.807) is 11.8 Å². The summed E-state index contributed by atoms with van der Waals surface area (Å²) in [5.41, 5.74) is 2.64. The molecular formula is C26H26N2S. The van der Waals surface area contributed by atoms with Crippen LogP contribution < -0.4 is 5.32 Å². The molecule has 0 atom stereocenters. The Balaban J connectivity index is 1.51. The van der Waals surface area contributed by atoms with Crippen LogP contribution in [0.3, 0.4) is 0 Å². The van der Waals surface area contributed by atoms with Crippen LogP contribution in [0.25, 0.3) is 21.5 Å². The molecule has 29 heavy (non-hydrogen) atoms.